The quantitative estimate of drug-likeness (QED) is 0.0335. The van der Waals surface area contributed by atoms with Crippen molar-refractivity contribution in [3.05, 3.63) is 69.2 Å². The average Bonchev–Trinajstić information content (AvgIpc) is 3.23. The van der Waals surface area contributed by atoms with Crippen LogP contribution in [0.5, 0.6) is 11.5 Å². The molecule has 69 heavy (non-hydrogen) atoms. The standard InChI is InChI=1S/C34H30Cl3N9O18S5/c1-15(40-33-44-32(37)45-34(46-33)41-16-2-4-17(5-3-16)65(47,48)9-8-62-69(58,59)60)14-39-21-11-23-19(13-25(21)67(52,53)54)43-29-26(35)30-28(27(36)31(29)64-23)42-18-12-24(66(49,50)51)20(10-22(18)63-30)38-6-7-61-68(55,56)57/h2-5,10-13,15,39,43H,6-9,14H2,1H3,(H,49,50,51)(H,52,53,54)(H,55,56,57)(H,58,59,60)(H2,40,41,44,45,46). The third-order valence-corrected chi connectivity index (χ3v) is 14.4. The van der Waals surface area contributed by atoms with Gasteiger partial charge in [-0.05, 0) is 54.9 Å². The van der Waals surface area contributed by atoms with E-state index in [0.717, 1.165) is 18.2 Å². The highest BCUT2D eigenvalue weighted by molar-refractivity contribution is 7.91. The lowest BCUT2D eigenvalue weighted by molar-refractivity contribution is 0.275. The second-order valence-corrected chi connectivity index (χ2v) is 22.2. The molecular weight excluding hydrogens is 1090 g/mol. The van der Waals surface area contributed by atoms with Crippen molar-refractivity contribution in [2.45, 2.75) is 27.7 Å². The Morgan fingerprint density at radius 1 is 0.783 bits per heavy atom. The predicted molar refractivity (Wildman–Crippen MR) is 244 cm³/mol. The van der Waals surface area contributed by atoms with Crippen LogP contribution >= 0.6 is 34.8 Å². The van der Waals surface area contributed by atoms with Crippen molar-refractivity contribution in [2.24, 2.45) is 4.99 Å². The fraction of sp³-hybridized carbons (Fsp3) is 0.206. The van der Waals surface area contributed by atoms with Gasteiger partial charge in [0.2, 0.25) is 17.2 Å². The number of hydrogen-bond acceptors (Lipinski definition) is 23. The molecule has 2 aliphatic heterocycles. The first kappa shape index (κ1) is 51.5. The third-order valence-electron chi connectivity index (χ3n) is 9.10. The highest BCUT2D eigenvalue weighted by Crippen LogP contribution is 2.54. The summed E-state index contributed by atoms with van der Waals surface area (Å²) >= 11 is 19.7. The van der Waals surface area contributed by atoms with Crippen molar-refractivity contribution >= 4 is 131 Å². The van der Waals surface area contributed by atoms with Gasteiger partial charge in [-0.15, -0.1) is 0 Å². The monoisotopic (exact) mass is 1120 g/mol. The Bertz CT molecular complexity index is 3670. The van der Waals surface area contributed by atoms with Crippen LogP contribution in [0.1, 0.15) is 6.92 Å². The van der Waals surface area contributed by atoms with E-state index >= 15 is 0 Å². The summed E-state index contributed by atoms with van der Waals surface area (Å²) in [5, 5.41) is 10.5. The second-order valence-electron chi connectivity index (χ2n) is 14.1. The number of ether oxygens (including phenoxy) is 1. The normalized spacial score (nSPS) is 13.9. The van der Waals surface area contributed by atoms with E-state index in [2.05, 4.69) is 54.6 Å². The summed E-state index contributed by atoms with van der Waals surface area (Å²) in [6.45, 7) is -0.445. The zero-order valence-electron chi connectivity index (χ0n) is 34.1. The summed E-state index contributed by atoms with van der Waals surface area (Å²) in [6, 6.07) is 8.73. The minimum absolute atomic E-state index is 0.0229. The maximum Gasteiger partial charge on any atom is 0.397 e. The largest absolute Gasteiger partial charge is 0.451 e. The second kappa shape index (κ2) is 19.5. The summed E-state index contributed by atoms with van der Waals surface area (Å²) in [6.07, 6.45) is 0. The molecule has 0 spiro atoms. The molecule has 1 aliphatic carbocycles. The average molecular weight is 1120 g/mol. The summed E-state index contributed by atoms with van der Waals surface area (Å²) in [4.78, 5) is 19.0. The third kappa shape index (κ3) is 12.5. The maximum atomic E-state index is 12.7. The van der Waals surface area contributed by atoms with E-state index in [1.807, 2.05) is 0 Å². The van der Waals surface area contributed by atoms with Gasteiger partial charge in [-0.1, -0.05) is 23.2 Å². The van der Waals surface area contributed by atoms with Crippen molar-refractivity contribution in [3.63, 3.8) is 0 Å². The Morgan fingerprint density at radius 3 is 2.09 bits per heavy atom. The van der Waals surface area contributed by atoms with Crippen molar-refractivity contribution in [2.75, 3.05) is 53.3 Å². The van der Waals surface area contributed by atoms with Crippen LogP contribution in [0.4, 0.5) is 34.6 Å². The van der Waals surface area contributed by atoms with Crippen molar-refractivity contribution in [1.29, 1.82) is 0 Å². The molecule has 0 radical (unpaired) electrons. The van der Waals surface area contributed by atoms with Crippen LogP contribution in [0, 0.1) is 0 Å². The lowest BCUT2D eigenvalue weighted by Gasteiger charge is -2.26. The van der Waals surface area contributed by atoms with Gasteiger partial charge in [-0.3, -0.25) is 23.2 Å². The highest BCUT2D eigenvalue weighted by atomic mass is 35.5. The fourth-order valence-corrected chi connectivity index (χ4v) is 9.98. The molecule has 1 atom stereocenters. The van der Waals surface area contributed by atoms with E-state index < -0.39 is 97.6 Å². The molecule has 0 saturated heterocycles. The van der Waals surface area contributed by atoms with E-state index in [-0.39, 0.29) is 89.8 Å². The van der Waals surface area contributed by atoms with E-state index in [9.17, 15) is 51.2 Å². The number of benzene rings is 4. The molecule has 35 heteroatoms. The van der Waals surface area contributed by atoms with E-state index in [4.69, 9.17) is 53.1 Å². The zero-order valence-corrected chi connectivity index (χ0v) is 40.5. The first-order chi connectivity index (χ1) is 32.0. The summed E-state index contributed by atoms with van der Waals surface area (Å²) < 4.78 is 176. The minimum atomic E-state index is -4.97. The number of nitrogens with one attached hydrogen (secondary N) is 4. The first-order valence-electron chi connectivity index (χ1n) is 18.7. The molecule has 27 nitrogen and oxygen atoms in total. The SMILES string of the molecule is CC(CNc1cc2c(cc1S(=O)(=O)O)Nc1c(c(Cl)c3nc4cc(S(=O)(=O)O)c(=NCCOS(=O)(=O)O)cc-4oc3c1Cl)O2)Nc1nc(Cl)nc(Nc2ccc(S(=O)(=O)CCOS(=O)(=O)O)cc2)n1. The maximum absolute atomic E-state index is 12.7. The van der Waals surface area contributed by atoms with Gasteiger partial charge in [0.1, 0.15) is 36.7 Å². The molecule has 3 aromatic carbocycles. The Balaban J connectivity index is 1.10. The number of rotatable bonds is 18. The van der Waals surface area contributed by atoms with Gasteiger partial charge in [-0.25, -0.2) is 21.8 Å². The van der Waals surface area contributed by atoms with Crippen molar-refractivity contribution in [3.8, 4) is 23.0 Å². The Kier molecular flexibility index (Phi) is 14.5. The van der Waals surface area contributed by atoms with Gasteiger partial charge in [0, 0.05) is 30.4 Å². The molecule has 370 valence electrons. The molecule has 3 heterocycles. The molecule has 8 N–H and O–H groups in total. The van der Waals surface area contributed by atoms with Gasteiger partial charge < -0.3 is 30.4 Å². The number of anilines is 6. The molecule has 0 bridgehead atoms. The van der Waals surface area contributed by atoms with Crippen LogP contribution in [0.2, 0.25) is 15.3 Å². The molecule has 0 saturated carbocycles. The van der Waals surface area contributed by atoms with Crippen molar-refractivity contribution < 1.29 is 77.8 Å². The predicted octanol–water partition coefficient (Wildman–Crippen LogP) is 4.39. The zero-order chi connectivity index (χ0) is 50.4. The molecule has 4 aromatic rings. The van der Waals surface area contributed by atoms with Crippen LogP contribution < -0.4 is 31.4 Å². The topological polar surface area (TPSA) is 404 Å². The molecule has 0 amide bonds. The lowest BCUT2D eigenvalue weighted by Crippen LogP contribution is -2.27. The number of hydrogen-bond donors (Lipinski definition) is 8. The number of sulfone groups is 1. The smallest absolute Gasteiger partial charge is 0.397 e. The van der Waals surface area contributed by atoms with E-state index in [1.54, 1.807) is 6.92 Å². The highest BCUT2D eigenvalue weighted by Gasteiger charge is 2.31. The molecule has 0 fully saturated rings. The summed E-state index contributed by atoms with van der Waals surface area (Å²) in [5.74, 6) is -1.23. The van der Waals surface area contributed by atoms with Crippen LogP contribution in [0.3, 0.4) is 0 Å². The molecule has 1 aromatic heterocycles. The number of halogens is 3. The van der Waals surface area contributed by atoms with E-state index in [0.29, 0.717) is 5.69 Å². The van der Waals surface area contributed by atoms with Gasteiger partial charge in [0.25, 0.3) is 20.2 Å². The Hall–Kier alpha value is -5.33. The number of aromatic nitrogens is 4. The fourth-order valence-electron chi connectivity index (χ4n) is 6.20. The Morgan fingerprint density at radius 2 is 1.43 bits per heavy atom. The van der Waals surface area contributed by atoms with Gasteiger partial charge in [0.15, 0.2) is 32.7 Å². The van der Waals surface area contributed by atoms with Crippen LogP contribution in [0.25, 0.3) is 22.6 Å². The number of fused-ring (bicyclic) bond motifs is 4. The minimum Gasteiger partial charge on any atom is -0.451 e. The summed E-state index contributed by atoms with van der Waals surface area (Å²) in [7, 11) is -23.6. The van der Waals surface area contributed by atoms with Gasteiger partial charge in [0.05, 0.1) is 47.1 Å². The molecule has 1 unspecified atom stereocenters. The molecule has 3 aliphatic rings. The summed E-state index contributed by atoms with van der Waals surface area (Å²) in [5.41, 5.74) is -0.473. The van der Waals surface area contributed by atoms with Crippen LogP contribution in [0.15, 0.2) is 72.6 Å². The number of nitrogens with zero attached hydrogens (tertiary/aromatic N) is 5. The first-order valence-corrected chi connectivity index (χ1v) is 27.1. The molecular formula is C34H30Cl3N9O18S5. The van der Waals surface area contributed by atoms with Gasteiger partial charge >= 0.3 is 20.8 Å². The Labute approximate surface area is 404 Å². The van der Waals surface area contributed by atoms with Crippen LogP contribution in [-0.4, -0.2) is 118 Å². The van der Waals surface area contributed by atoms with Gasteiger partial charge in [-0.2, -0.15) is 48.6 Å². The molecule has 7 rings (SSSR count). The van der Waals surface area contributed by atoms with Crippen molar-refractivity contribution in [1.82, 2.24) is 19.9 Å². The van der Waals surface area contributed by atoms with Crippen LogP contribution in [-0.2, 0) is 59.2 Å². The lowest BCUT2D eigenvalue weighted by atomic mass is 10.1. The van der Waals surface area contributed by atoms with E-state index in [1.165, 1.54) is 30.3 Å².